The van der Waals surface area contributed by atoms with Crippen LogP contribution in [0.2, 0.25) is 0 Å². The first-order chi connectivity index (χ1) is 6.84. The Labute approximate surface area is 99.1 Å². The fourth-order valence-corrected chi connectivity index (χ4v) is 2.20. The van der Waals surface area contributed by atoms with Crippen LogP contribution in [0.15, 0.2) is 22.7 Å². The van der Waals surface area contributed by atoms with E-state index in [1.165, 1.54) is 0 Å². The van der Waals surface area contributed by atoms with E-state index in [0.29, 0.717) is 5.69 Å². The molecule has 1 N–H and O–H groups in total. The van der Waals surface area contributed by atoms with Crippen molar-refractivity contribution in [2.75, 3.05) is 4.72 Å². The molecule has 1 aromatic carbocycles. The van der Waals surface area contributed by atoms with Crippen LogP contribution in [0.5, 0.6) is 0 Å². The minimum atomic E-state index is -3.27. The Hall–Kier alpha value is -0.550. The second-order valence-electron chi connectivity index (χ2n) is 3.63. The standard InChI is InChI=1S/C10H14BrNO2S/c1-7(2)15(13,14)12-9-6-4-5-8(3)10(9)11/h4-7,12H,1-3H3. The predicted molar refractivity (Wildman–Crippen MR) is 66.6 cm³/mol. The summed E-state index contributed by atoms with van der Waals surface area (Å²) in [6.07, 6.45) is 0. The van der Waals surface area contributed by atoms with Gasteiger partial charge in [0.2, 0.25) is 10.0 Å². The summed E-state index contributed by atoms with van der Waals surface area (Å²) in [6, 6.07) is 5.46. The number of halogens is 1. The third-order valence-electron chi connectivity index (χ3n) is 2.06. The summed E-state index contributed by atoms with van der Waals surface area (Å²) in [7, 11) is -3.27. The van der Waals surface area contributed by atoms with Crippen LogP contribution in [0.3, 0.4) is 0 Å². The van der Waals surface area contributed by atoms with Crippen molar-refractivity contribution < 1.29 is 8.42 Å². The van der Waals surface area contributed by atoms with E-state index in [4.69, 9.17) is 0 Å². The van der Waals surface area contributed by atoms with Crippen molar-refractivity contribution in [2.45, 2.75) is 26.0 Å². The monoisotopic (exact) mass is 291 g/mol. The molecule has 5 heteroatoms. The molecule has 0 unspecified atom stereocenters. The smallest absolute Gasteiger partial charge is 0.235 e. The lowest BCUT2D eigenvalue weighted by Gasteiger charge is -2.13. The Kier molecular flexibility index (Phi) is 3.78. The van der Waals surface area contributed by atoms with E-state index in [1.54, 1.807) is 19.9 Å². The SMILES string of the molecule is Cc1cccc(NS(=O)(=O)C(C)C)c1Br. The van der Waals surface area contributed by atoms with Gasteiger partial charge in [-0.2, -0.15) is 0 Å². The third kappa shape index (κ3) is 2.95. The van der Waals surface area contributed by atoms with Gasteiger partial charge >= 0.3 is 0 Å². The van der Waals surface area contributed by atoms with E-state index in [0.717, 1.165) is 10.0 Å². The van der Waals surface area contributed by atoms with Crippen LogP contribution in [-0.2, 0) is 10.0 Å². The van der Waals surface area contributed by atoms with E-state index in [-0.39, 0.29) is 0 Å². The Bertz CT molecular complexity index is 454. The van der Waals surface area contributed by atoms with Gasteiger partial charge in [-0.05, 0) is 48.3 Å². The van der Waals surface area contributed by atoms with Crippen LogP contribution in [0.1, 0.15) is 19.4 Å². The van der Waals surface area contributed by atoms with Crippen molar-refractivity contribution in [1.82, 2.24) is 0 Å². The first-order valence-electron chi connectivity index (χ1n) is 4.61. The van der Waals surface area contributed by atoms with Gasteiger partial charge in [-0.15, -0.1) is 0 Å². The van der Waals surface area contributed by atoms with Crippen molar-refractivity contribution in [3.05, 3.63) is 28.2 Å². The predicted octanol–water partition coefficient (Wildman–Crippen LogP) is 2.91. The maximum Gasteiger partial charge on any atom is 0.235 e. The van der Waals surface area contributed by atoms with Crippen LogP contribution in [0, 0.1) is 6.92 Å². The lowest BCUT2D eigenvalue weighted by Crippen LogP contribution is -2.22. The summed E-state index contributed by atoms with van der Waals surface area (Å²) in [5.74, 6) is 0. The summed E-state index contributed by atoms with van der Waals surface area (Å²) in [5, 5.41) is -0.440. The van der Waals surface area contributed by atoms with Gasteiger partial charge < -0.3 is 0 Å². The van der Waals surface area contributed by atoms with E-state index < -0.39 is 15.3 Å². The zero-order valence-electron chi connectivity index (χ0n) is 8.91. The second kappa shape index (κ2) is 4.53. The van der Waals surface area contributed by atoms with Gasteiger partial charge in [-0.25, -0.2) is 8.42 Å². The highest BCUT2D eigenvalue weighted by Crippen LogP contribution is 2.27. The molecule has 0 atom stereocenters. The molecule has 0 spiro atoms. The number of hydrogen-bond acceptors (Lipinski definition) is 2. The van der Waals surface area contributed by atoms with Gasteiger partial charge in [-0.3, -0.25) is 4.72 Å². The van der Waals surface area contributed by atoms with Crippen molar-refractivity contribution in [3.63, 3.8) is 0 Å². The zero-order chi connectivity index (χ0) is 11.6. The largest absolute Gasteiger partial charge is 0.282 e. The Morgan fingerprint density at radius 2 is 1.93 bits per heavy atom. The molecule has 84 valence electrons. The summed E-state index contributed by atoms with van der Waals surface area (Å²) in [6.45, 7) is 5.20. The number of benzene rings is 1. The summed E-state index contributed by atoms with van der Waals surface area (Å²) >= 11 is 3.36. The number of sulfonamides is 1. The maximum atomic E-state index is 11.6. The quantitative estimate of drug-likeness (QED) is 0.931. The highest BCUT2D eigenvalue weighted by molar-refractivity contribution is 9.10. The molecule has 0 aliphatic carbocycles. The minimum Gasteiger partial charge on any atom is -0.282 e. The van der Waals surface area contributed by atoms with E-state index in [9.17, 15) is 8.42 Å². The lowest BCUT2D eigenvalue weighted by molar-refractivity contribution is 0.593. The number of anilines is 1. The topological polar surface area (TPSA) is 46.2 Å². The average Bonchev–Trinajstić information content (AvgIpc) is 2.12. The first kappa shape index (κ1) is 12.5. The fraction of sp³-hybridized carbons (Fsp3) is 0.400. The van der Waals surface area contributed by atoms with Gasteiger partial charge in [0.25, 0.3) is 0 Å². The molecule has 0 aliphatic heterocycles. The lowest BCUT2D eigenvalue weighted by atomic mass is 10.2. The molecule has 0 saturated carbocycles. The number of aryl methyl sites for hydroxylation is 1. The molecular weight excluding hydrogens is 278 g/mol. The van der Waals surface area contributed by atoms with Crippen LogP contribution < -0.4 is 4.72 Å². The second-order valence-corrected chi connectivity index (χ2v) is 6.66. The van der Waals surface area contributed by atoms with Crippen molar-refractivity contribution >= 4 is 31.6 Å². The van der Waals surface area contributed by atoms with Crippen molar-refractivity contribution in [2.24, 2.45) is 0 Å². The molecule has 0 aromatic heterocycles. The number of nitrogens with one attached hydrogen (secondary N) is 1. The molecule has 0 radical (unpaired) electrons. The maximum absolute atomic E-state index is 11.6. The Morgan fingerprint density at radius 1 is 1.33 bits per heavy atom. The van der Waals surface area contributed by atoms with Crippen molar-refractivity contribution in [1.29, 1.82) is 0 Å². The normalized spacial score (nSPS) is 11.8. The molecule has 0 bridgehead atoms. The van der Waals surface area contributed by atoms with Gasteiger partial charge in [0, 0.05) is 4.47 Å². The van der Waals surface area contributed by atoms with E-state index in [2.05, 4.69) is 20.7 Å². The molecule has 3 nitrogen and oxygen atoms in total. The zero-order valence-corrected chi connectivity index (χ0v) is 11.3. The van der Waals surface area contributed by atoms with Gasteiger partial charge in [0.05, 0.1) is 10.9 Å². The van der Waals surface area contributed by atoms with Crippen LogP contribution in [0.25, 0.3) is 0 Å². The molecule has 15 heavy (non-hydrogen) atoms. The van der Waals surface area contributed by atoms with Crippen LogP contribution in [-0.4, -0.2) is 13.7 Å². The molecule has 0 amide bonds. The minimum absolute atomic E-state index is 0.440. The summed E-state index contributed by atoms with van der Waals surface area (Å²) < 4.78 is 26.6. The summed E-state index contributed by atoms with van der Waals surface area (Å²) in [5.41, 5.74) is 1.59. The molecule has 0 fully saturated rings. The Balaban J connectivity index is 3.06. The molecular formula is C10H14BrNO2S. The third-order valence-corrected chi connectivity index (χ3v) is 4.86. The molecule has 1 rings (SSSR count). The highest BCUT2D eigenvalue weighted by Gasteiger charge is 2.16. The molecule has 1 aromatic rings. The van der Waals surface area contributed by atoms with E-state index in [1.807, 2.05) is 19.1 Å². The molecule has 0 saturated heterocycles. The molecule has 0 heterocycles. The van der Waals surface area contributed by atoms with E-state index >= 15 is 0 Å². The van der Waals surface area contributed by atoms with Gasteiger partial charge in [-0.1, -0.05) is 12.1 Å². The fourth-order valence-electron chi connectivity index (χ4n) is 0.997. The van der Waals surface area contributed by atoms with Gasteiger partial charge in [0.15, 0.2) is 0 Å². The van der Waals surface area contributed by atoms with Gasteiger partial charge in [0.1, 0.15) is 0 Å². The average molecular weight is 292 g/mol. The first-order valence-corrected chi connectivity index (χ1v) is 6.95. The van der Waals surface area contributed by atoms with Crippen LogP contribution in [0.4, 0.5) is 5.69 Å². The van der Waals surface area contributed by atoms with Crippen molar-refractivity contribution in [3.8, 4) is 0 Å². The summed E-state index contributed by atoms with van der Waals surface area (Å²) in [4.78, 5) is 0. The Morgan fingerprint density at radius 3 is 2.47 bits per heavy atom. The number of rotatable bonds is 3. The van der Waals surface area contributed by atoms with Crippen LogP contribution >= 0.6 is 15.9 Å². The highest BCUT2D eigenvalue weighted by atomic mass is 79.9. The molecule has 0 aliphatic rings. The number of hydrogen-bond donors (Lipinski definition) is 1.